The van der Waals surface area contributed by atoms with Crippen molar-refractivity contribution in [3.63, 3.8) is 0 Å². The molecule has 1 aromatic carbocycles. The fourth-order valence-electron chi connectivity index (χ4n) is 3.43. The second-order valence-electron chi connectivity index (χ2n) is 6.15. The number of rotatable bonds is 3. The van der Waals surface area contributed by atoms with E-state index in [0.29, 0.717) is 0 Å². The highest BCUT2D eigenvalue weighted by molar-refractivity contribution is 6.03. The van der Waals surface area contributed by atoms with E-state index in [1.807, 2.05) is 30.7 Å². The van der Waals surface area contributed by atoms with Crippen molar-refractivity contribution in [2.45, 2.75) is 6.54 Å². The van der Waals surface area contributed by atoms with E-state index in [0.717, 1.165) is 23.1 Å². The first-order valence-electron chi connectivity index (χ1n) is 8.29. The Kier molecular flexibility index (Phi) is 3.13. The number of aromatic nitrogens is 4. The first-order chi connectivity index (χ1) is 12.4. The zero-order chi connectivity index (χ0) is 16.6. The standard InChI is InChI=1S/C21H16N4/c1-2-5-15(6-3-1)13-25-14-19(17-7-4-9-23-21(17)25)18-11-24-20-12-22-10-8-16(18)20/h1-12,14,24H,13H2. The molecule has 0 radical (unpaired) electrons. The predicted octanol–water partition coefficient (Wildman–Crippen LogP) is 4.63. The summed E-state index contributed by atoms with van der Waals surface area (Å²) in [6.45, 7) is 0.804. The fraction of sp³-hybridized carbons (Fsp3) is 0.0476. The van der Waals surface area contributed by atoms with Gasteiger partial charge in [-0.1, -0.05) is 30.3 Å². The summed E-state index contributed by atoms with van der Waals surface area (Å²) < 4.78 is 2.22. The molecule has 0 aliphatic carbocycles. The van der Waals surface area contributed by atoms with Crippen LogP contribution in [0.1, 0.15) is 5.56 Å². The maximum atomic E-state index is 4.63. The Morgan fingerprint density at radius 1 is 0.880 bits per heavy atom. The molecular formula is C21H16N4. The molecule has 0 unspecified atom stereocenters. The zero-order valence-electron chi connectivity index (χ0n) is 13.6. The number of benzene rings is 1. The van der Waals surface area contributed by atoms with Gasteiger partial charge in [0.2, 0.25) is 0 Å². The molecule has 0 amide bonds. The van der Waals surface area contributed by atoms with Crippen LogP contribution in [0.4, 0.5) is 0 Å². The number of nitrogens with zero attached hydrogens (tertiary/aromatic N) is 3. The summed E-state index contributed by atoms with van der Waals surface area (Å²) in [5.41, 5.74) is 5.69. The lowest BCUT2D eigenvalue weighted by Crippen LogP contribution is -1.98. The van der Waals surface area contributed by atoms with Gasteiger partial charge in [0.05, 0.1) is 11.7 Å². The van der Waals surface area contributed by atoms with Gasteiger partial charge in [0.25, 0.3) is 0 Å². The Balaban J connectivity index is 1.71. The third-order valence-electron chi connectivity index (χ3n) is 4.60. The summed E-state index contributed by atoms with van der Waals surface area (Å²) in [5.74, 6) is 0. The second kappa shape index (κ2) is 5.60. The topological polar surface area (TPSA) is 46.5 Å². The van der Waals surface area contributed by atoms with Gasteiger partial charge in [-0.2, -0.15) is 0 Å². The SMILES string of the molecule is c1ccc(Cn2cc(-c3c[nH]c4cnccc34)c3cccnc32)cc1. The van der Waals surface area contributed by atoms with Gasteiger partial charge in [0.1, 0.15) is 5.65 Å². The normalized spacial score (nSPS) is 11.4. The van der Waals surface area contributed by atoms with Gasteiger partial charge in [0.15, 0.2) is 0 Å². The van der Waals surface area contributed by atoms with Gasteiger partial charge in [-0.15, -0.1) is 0 Å². The molecule has 0 saturated heterocycles. The molecule has 4 aromatic heterocycles. The van der Waals surface area contributed by atoms with Crippen molar-refractivity contribution in [2.75, 3.05) is 0 Å². The molecule has 5 rings (SSSR count). The highest BCUT2D eigenvalue weighted by atomic mass is 15.0. The molecule has 5 aromatic rings. The van der Waals surface area contributed by atoms with Crippen LogP contribution >= 0.6 is 0 Å². The van der Waals surface area contributed by atoms with Crippen molar-refractivity contribution in [1.29, 1.82) is 0 Å². The number of aromatic amines is 1. The summed E-state index contributed by atoms with van der Waals surface area (Å²) in [6.07, 6.45) is 9.81. The van der Waals surface area contributed by atoms with Gasteiger partial charge in [-0.05, 0) is 23.8 Å². The van der Waals surface area contributed by atoms with Crippen LogP contribution in [0.2, 0.25) is 0 Å². The van der Waals surface area contributed by atoms with Crippen LogP contribution in [0, 0.1) is 0 Å². The van der Waals surface area contributed by atoms with Crippen LogP contribution in [0.3, 0.4) is 0 Å². The molecule has 0 atom stereocenters. The Morgan fingerprint density at radius 3 is 2.72 bits per heavy atom. The molecule has 0 aliphatic heterocycles. The molecule has 4 heterocycles. The van der Waals surface area contributed by atoms with E-state index in [9.17, 15) is 0 Å². The third kappa shape index (κ3) is 2.31. The number of pyridine rings is 2. The lowest BCUT2D eigenvalue weighted by Gasteiger charge is -2.04. The van der Waals surface area contributed by atoms with Crippen molar-refractivity contribution in [1.82, 2.24) is 19.5 Å². The number of H-pyrrole nitrogens is 1. The Hall–Kier alpha value is -3.40. The zero-order valence-corrected chi connectivity index (χ0v) is 13.6. The summed E-state index contributed by atoms with van der Waals surface area (Å²) in [4.78, 5) is 12.1. The number of nitrogens with one attached hydrogen (secondary N) is 1. The molecule has 0 saturated carbocycles. The van der Waals surface area contributed by atoms with E-state index in [4.69, 9.17) is 0 Å². The Bertz CT molecular complexity index is 1170. The summed E-state index contributed by atoms with van der Waals surface area (Å²) in [7, 11) is 0. The summed E-state index contributed by atoms with van der Waals surface area (Å²) in [5, 5.41) is 2.34. The fourth-order valence-corrected chi connectivity index (χ4v) is 3.43. The minimum atomic E-state index is 0.804. The van der Waals surface area contributed by atoms with Gasteiger partial charge >= 0.3 is 0 Å². The lowest BCUT2D eigenvalue weighted by molar-refractivity contribution is 0.826. The van der Waals surface area contributed by atoms with Gasteiger partial charge in [0, 0.05) is 53.2 Å². The van der Waals surface area contributed by atoms with Crippen LogP contribution in [0.25, 0.3) is 33.1 Å². The lowest BCUT2D eigenvalue weighted by atomic mass is 10.1. The molecular weight excluding hydrogens is 308 g/mol. The van der Waals surface area contributed by atoms with Crippen LogP contribution in [0.15, 0.2) is 79.5 Å². The number of hydrogen-bond acceptors (Lipinski definition) is 2. The smallest absolute Gasteiger partial charge is 0.140 e. The van der Waals surface area contributed by atoms with E-state index in [-0.39, 0.29) is 0 Å². The molecule has 0 bridgehead atoms. The molecule has 25 heavy (non-hydrogen) atoms. The second-order valence-corrected chi connectivity index (χ2v) is 6.15. The molecule has 0 aliphatic rings. The van der Waals surface area contributed by atoms with Crippen molar-refractivity contribution >= 4 is 21.9 Å². The van der Waals surface area contributed by atoms with E-state index < -0.39 is 0 Å². The first-order valence-corrected chi connectivity index (χ1v) is 8.29. The largest absolute Gasteiger partial charge is 0.359 e. The molecule has 0 fully saturated rings. The van der Waals surface area contributed by atoms with Crippen molar-refractivity contribution < 1.29 is 0 Å². The monoisotopic (exact) mass is 324 g/mol. The molecule has 1 N–H and O–H groups in total. The minimum Gasteiger partial charge on any atom is -0.359 e. The van der Waals surface area contributed by atoms with Crippen LogP contribution < -0.4 is 0 Å². The van der Waals surface area contributed by atoms with Crippen molar-refractivity contribution in [2.24, 2.45) is 0 Å². The average Bonchev–Trinajstić information content (AvgIpc) is 3.24. The van der Waals surface area contributed by atoms with Crippen molar-refractivity contribution in [3.05, 3.63) is 85.1 Å². The van der Waals surface area contributed by atoms with Crippen LogP contribution in [-0.4, -0.2) is 19.5 Å². The van der Waals surface area contributed by atoms with Gasteiger partial charge in [-0.3, -0.25) is 4.98 Å². The minimum absolute atomic E-state index is 0.804. The molecule has 0 spiro atoms. The van der Waals surface area contributed by atoms with E-state index in [2.05, 4.69) is 68.3 Å². The van der Waals surface area contributed by atoms with E-state index >= 15 is 0 Å². The van der Waals surface area contributed by atoms with Gasteiger partial charge in [-0.25, -0.2) is 4.98 Å². The number of fused-ring (bicyclic) bond motifs is 2. The quantitative estimate of drug-likeness (QED) is 0.526. The first kappa shape index (κ1) is 14.0. The van der Waals surface area contributed by atoms with E-state index in [1.54, 1.807) is 0 Å². The highest BCUT2D eigenvalue weighted by Gasteiger charge is 2.14. The van der Waals surface area contributed by atoms with E-state index in [1.165, 1.54) is 22.1 Å². The van der Waals surface area contributed by atoms with Crippen LogP contribution in [-0.2, 0) is 6.54 Å². The molecule has 4 heteroatoms. The molecule has 120 valence electrons. The molecule has 4 nitrogen and oxygen atoms in total. The summed E-state index contributed by atoms with van der Waals surface area (Å²) >= 11 is 0. The third-order valence-corrected chi connectivity index (χ3v) is 4.60. The summed E-state index contributed by atoms with van der Waals surface area (Å²) in [6, 6.07) is 16.7. The Labute approximate surface area is 144 Å². The maximum absolute atomic E-state index is 4.63. The predicted molar refractivity (Wildman–Crippen MR) is 100 cm³/mol. The van der Waals surface area contributed by atoms with Crippen LogP contribution in [0.5, 0.6) is 0 Å². The number of hydrogen-bond donors (Lipinski definition) is 1. The van der Waals surface area contributed by atoms with Gasteiger partial charge < -0.3 is 9.55 Å². The average molecular weight is 324 g/mol. The Morgan fingerprint density at radius 2 is 1.80 bits per heavy atom. The highest BCUT2D eigenvalue weighted by Crippen LogP contribution is 2.34. The van der Waals surface area contributed by atoms with Crippen molar-refractivity contribution in [3.8, 4) is 11.1 Å². The maximum Gasteiger partial charge on any atom is 0.140 e.